The largest absolute Gasteiger partial charge is 0.389 e. The van der Waals surface area contributed by atoms with Crippen LogP contribution in [-0.2, 0) is 0 Å². The highest BCUT2D eigenvalue weighted by Crippen LogP contribution is 2.16. The molecule has 0 atom stereocenters. The molecule has 5 nitrogen and oxygen atoms in total. The Labute approximate surface area is 87.8 Å². The van der Waals surface area contributed by atoms with Crippen molar-refractivity contribution in [2.75, 3.05) is 24.2 Å². The second-order valence-electron chi connectivity index (χ2n) is 4.07. The summed E-state index contributed by atoms with van der Waals surface area (Å²) in [7, 11) is 1.63. The molecule has 1 aromatic rings. The Morgan fingerprint density at radius 3 is 2.73 bits per heavy atom. The standard InChI is InChI=1S/C9H15FN4O/c1-9(2,15)5-14(3)7-6(10)4-12-8(11)13-7/h4,15H,5H2,1-3H3,(H2,11,12,13). The number of nitrogens with two attached hydrogens (primary N) is 1. The Balaban J connectivity index is 2.90. The van der Waals surface area contributed by atoms with Crippen molar-refractivity contribution in [3.8, 4) is 0 Å². The van der Waals surface area contributed by atoms with Gasteiger partial charge in [-0.3, -0.25) is 0 Å². The van der Waals surface area contributed by atoms with Gasteiger partial charge in [-0.05, 0) is 13.8 Å². The molecule has 0 fully saturated rings. The summed E-state index contributed by atoms with van der Waals surface area (Å²) in [5.74, 6) is -0.463. The Morgan fingerprint density at radius 2 is 2.20 bits per heavy atom. The van der Waals surface area contributed by atoms with Crippen LogP contribution in [0.25, 0.3) is 0 Å². The third-order valence-electron chi connectivity index (χ3n) is 1.73. The van der Waals surface area contributed by atoms with Gasteiger partial charge in [-0.15, -0.1) is 0 Å². The lowest BCUT2D eigenvalue weighted by molar-refractivity contribution is 0.0883. The van der Waals surface area contributed by atoms with E-state index in [0.717, 1.165) is 6.20 Å². The first-order valence-corrected chi connectivity index (χ1v) is 4.51. The van der Waals surface area contributed by atoms with Crippen LogP contribution in [0.3, 0.4) is 0 Å². The van der Waals surface area contributed by atoms with Crippen molar-refractivity contribution in [1.29, 1.82) is 0 Å². The highest BCUT2D eigenvalue weighted by molar-refractivity contribution is 5.41. The fourth-order valence-electron chi connectivity index (χ4n) is 1.29. The van der Waals surface area contributed by atoms with E-state index in [2.05, 4.69) is 9.97 Å². The molecule has 3 N–H and O–H groups in total. The van der Waals surface area contributed by atoms with Crippen molar-refractivity contribution in [3.63, 3.8) is 0 Å². The third-order valence-corrected chi connectivity index (χ3v) is 1.73. The smallest absolute Gasteiger partial charge is 0.222 e. The number of hydrogen-bond acceptors (Lipinski definition) is 5. The minimum atomic E-state index is -0.930. The molecule has 0 aliphatic carbocycles. The van der Waals surface area contributed by atoms with Crippen LogP contribution >= 0.6 is 0 Å². The molecule has 0 aliphatic heterocycles. The fourth-order valence-corrected chi connectivity index (χ4v) is 1.29. The minimum Gasteiger partial charge on any atom is -0.389 e. The zero-order chi connectivity index (χ0) is 11.6. The monoisotopic (exact) mass is 214 g/mol. The molecule has 1 aromatic heterocycles. The number of likely N-dealkylation sites (N-methyl/N-ethyl adjacent to an activating group) is 1. The van der Waals surface area contributed by atoms with Gasteiger partial charge in [-0.2, -0.15) is 4.98 Å². The Morgan fingerprint density at radius 1 is 1.60 bits per heavy atom. The van der Waals surface area contributed by atoms with Crippen molar-refractivity contribution < 1.29 is 9.50 Å². The quantitative estimate of drug-likeness (QED) is 0.762. The topological polar surface area (TPSA) is 75.3 Å². The van der Waals surface area contributed by atoms with Gasteiger partial charge in [0.05, 0.1) is 11.8 Å². The first-order chi connectivity index (χ1) is 6.79. The maximum absolute atomic E-state index is 13.3. The summed E-state index contributed by atoms with van der Waals surface area (Å²) in [5, 5.41) is 9.57. The van der Waals surface area contributed by atoms with Crippen LogP contribution in [0, 0.1) is 5.82 Å². The molecule has 1 heterocycles. The lowest BCUT2D eigenvalue weighted by Gasteiger charge is -2.26. The summed E-state index contributed by atoms with van der Waals surface area (Å²) in [6, 6.07) is 0. The zero-order valence-electron chi connectivity index (χ0n) is 9.03. The molecule has 0 saturated carbocycles. The van der Waals surface area contributed by atoms with Crippen molar-refractivity contribution >= 4 is 11.8 Å². The number of nitrogens with zero attached hydrogens (tertiary/aromatic N) is 3. The molecule has 0 saturated heterocycles. The van der Waals surface area contributed by atoms with E-state index in [1.807, 2.05) is 0 Å². The molecule has 0 unspecified atom stereocenters. The number of aromatic nitrogens is 2. The predicted octanol–water partition coefficient (Wildman–Crippen LogP) is 0.405. The van der Waals surface area contributed by atoms with Gasteiger partial charge in [0.25, 0.3) is 0 Å². The average molecular weight is 214 g/mol. The number of hydrogen-bond donors (Lipinski definition) is 2. The highest BCUT2D eigenvalue weighted by atomic mass is 19.1. The van der Waals surface area contributed by atoms with Crippen LogP contribution in [0.5, 0.6) is 0 Å². The average Bonchev–Trinajstić information content (AvgIpc) is 2.06. The van der Waals surface area contributed by atoms with E-state index in [-0.39, 0.29) is 18.3 Å². The molecular formula is C9H15FN4O. The Bertz CT molecular complexity index is 350. The molecule has 0 radical (unpaired) electrons. The van der Waals surface area contributed by atoms with Crippen molar-refractivity contribution in [1.82, 2.24) is 9.97 Å². The molecule has 0 bridgehead atoms. The van der Waals surface area contributed by atoms with E-state index in [9.17, 15) is 9.50 Å². The van der Waals surface area contributed by atoms with Crippen LogP contribution in [0.2, 0.25) is 0 Å². The zero-order valence-corrected chi connectivity index (χ0v) is 9.03. The summed E-state index contributed by atoms with van der Waals surface area (Å²) in [5.41, 5.74) is 4.42. The van der Waals surface area contributed by atoms with Gasteiger partial charge in [-0.25, -0.2) is 9.37 Å². The lowest BCUT2D eigenvalue weighted by Crippen LogP contribution is -2.37. The fraction of sp³-hybridized carbons (Fsp3) is 0.556. The first-order valence-electron chi connectivity index (χ1n) is 4.51. The van der Waals surface area contributed by atoms with E-state index in [4.69, 9.17) is 5.73 Å². The highest BCUT2D eigenvalue weighted by Gasteiger charge is 2.19. The number of aliphatic hydroxyl groups is 1. The molecule has 84 valence electrons. The molecule has 0 amide bonds. The summed E-state index contributed by atoms with van der Waals surface area (Å²) in [6.07, 6.45) is 1.01. The van der Waals surface area contributed by atoms with Crippen molar-refractivity contribution in [2.24, 2.45) is 0 Å². The van der Waals surface area contributed by atoms with E-state index < -0.39 is 11.4 Å². The SMILES string of the molecule is CN(CC(C)(C)O)c1nc(N)ncc1F. The maximum Gasteiger partial charge on any atom is 0.222 e. The molecule has 0 aliphatic rings. The predicted molar refractivity (Wildman–Crippen MR) is 56.0 cm³/mol. The van der Waals surface area contributed by atoms with Crippen LogP contribution in [0.15, 0.2) is 6.20 Å². The maximum atomic E-state index is 13.3. The van der Waals surface area contributed by atoms with Crippen LogP contribution in [0.1, 0.15) is 13.8 Å². The molecule has 15 heavy (non-hydrogen) atoms. The summed E-state index contributed by atoms with van der Waals surface area (Å²) in [4.78, 5) is 8.78. The number of rotatable bonds is 3. The van der Waals surface area contributed by atoms with Gasteiger partial charge >= 0.3 is 0 Å². The first kappa shape index (κ1) is 11.6. The number of halogens is 1. The van der Waals surface area contributed by atoms with E-state index >= 15 is 0 Å². The third kappa shape index (κ3) is 3.32. The molecular weight excluding hydrogens is 199 g/mol. The van der Waals surface area contributed by atoms with Gasteiger partial charge in [0, 0.05) is 13.6 Å². The van der Waals surface area contributed by atoms with Gasteiger partial charge in [0.15, 0.2) is 11.6 Å². The van der Waals surface area contributed by atoms with Crippen molar-refractivity contribution in [2.45, 2.75) is 19.4 Å². The summed E-state index contributed by atoms with van der Waals surface area (Å²) in [6.45, 7) is 3.51. The van der Waals surface area contributed by atoms with Crippen LogP contribution < -0.4 is 10.6 Å². The second kappa shape index (κ2) is 3.98. The molecule has 1 rings (SSSR count). The normalized spacial score (nSPS) is 11.5. The van der Waals surface area contributed by atoms with Crippen LogP contribution in [-0.4, -0.2) is 34.3 Å². The lowest BCUT2D eigenvalue weighted by atomic mass is 10.1. The summed E-state index contributed by atoms with van der Waals surface area (Å²) < 4.78 is 13.3. The van der Waals surface area contributed by atoms with Crippen LogP contribution in [0.4, 0.5) is 16.2 Å². The van der Waals surface area contributed by atoms with Gasteiger partial charge < -0.3 is 15.7 Å². The van der Waals surface area contributed by atoms with E-state index in [1.54, 1.807) is 20.9 Å². The molecule has 0 spiro atoms. The number of nitrogen functional groups attached to an aromatic ring is 1. The van der Waals surface area contributed by atoms with Gasteiger partial charge in [0.2, 0.25) is 5.95 Å². The van der Waals surface area contributed by atoms with E-state index in [1.165, 1.54) is 4.90 Å². The molecule has 0 aromatic carbocycles. The summed E-state index contributed by atoms with van der Waals surface area (Å²) >= 11 is 0. The van der Waals surface area contributed by atoms with Gasteiger partial charge in [0.1, 0.15) is 0 Å². The van der Waals surface area contributed by atoms with Gasteiger partial charge in [-0.1, -0.05) is 0 Å². The molecule has 6 heteroatoms. The Kier molecular flexibility index (Phi) is 3.09. The minimum absolute atomic E-state index is 0.00833. The van der Waals surface area contributed by atoms with Crippen molar-refractivity contribution in [3.05, 3.63) is 12.0 Å². The number of anilines is 2. The second-order valence-corrected chi connectivity index (χ2v) is 4.07. The Hall–Kier alpha value is -1.43. The van der Waals surface area contributed by atoms with E-state index in [0.29, 0.717) is 0 Å².